The Morgan fingerprint density at radius 2 is 2.05 bits per heavy atom. The molecule has 1 aliphatic heterocycles. The molecule has 0 spiro atoms. The summed E-state index contributed by atoms with van der Waals surface area (Å²) in [6.45, 7) is 3.03. The summed E-state index contributed by atoms with van der Waals surface area (Å²) in [4.78, 5) is 15.3. The van der Waals surface area contributed by atoms with Crippen LogP contribution in [0.5, 0.6) is 0 Å². The molecule has 22 heavy (non-hydrogen) atoms. The van der Waals surface area contributed by atoms with Gasteiger partial charge >= 0.3 is 0 Å². The second-order valence-corrected chi connectivity index (χ2v) is 5.82. The van der Waals surface area contributed by atoms with Crippen molar-refractivity contribution in [3.05, 3.63) is 24.6 Å². The first kappa shape index (κ1) is 18.6. The molecule has 2 N–H and O–H groups in total. The number of rotatable bonds is 12. The molecule has 0 bridgehead atoms. The molecule has 0 saturated heterocycles. The van der Waals surface area contributed by atoms with E-state index in [4.69, 9.17) is 5.73 Å². The minimum absolute atomic E-state index is 0.117. The normalized spacial score (nSPS) is 20.7. The van der Waals surface area contributed by atoms with Crippen molar-refractivity contribution in [1.29, 1.82) is 0 Å². The van der Waals surface area contributed by atoms with E-state index in [0.717, 1.165) is 18.7 Å². The number of carboxylic acid groups (broad SMARTS) is 1. The zero-order valence-electron chi connectivity index (χ0n) is 13.7. The highest BCUT2D eigenvalue weighted by Gasteiger charge is 2.33. The summed E-state index contributed by atoms with van der Waals surface area (Å²) >= 11 is 0. The second-order valence-electron chi connectivity index (χ2n) is 5.82. The van der Waals surface area contributed by atoms with Gasteiger partial charge in [-0.25, -0.2) is 4.48 Å². The maximum Gasteiger partial charge on any atom is 0.232 e. The number of nitrogens with zero attached hydrogens (tertiary/aromatic N) is 2. The number of nitrogens with two attached hydrogens (primary N) is 1. The fourth-order valence-electron chi connectivity index (χ4n) is 2.71. The molecule has 1 atom stereocenters. The van der Waals surface area contributed by atoms with Gasteiger partial charge in [0.2, 0.25) is 5.84 Å². The highest BCUT2D eigenvalue weighted by molar-refractivity contribution is 5.90. The minimum Gasteiger partial charge on any atom is -0.544 e. The van der Waals surface area contributed by atoms with Gasteiger partial charge in [-0.15, -0.1) is 0 Å². The van der Waals surface area contributed by atoms with Crippen LogP contribution in [0.4, 0.5) is 0 Å². The molecule has 1 aliphatic rings. The standard InChI is InChI=1S/C17H29N3O2/c1-2-3-4-5-6-7-8-9-10-16-19-12-14-20(16,13-11-18)15-17(21)22/h9-10,12,14H,2-8,11,13,15,18H2,1H3/b10-9+. The Morgan fingerprint density at radius 1 is 1.32 bits per heavy atom. The molecule has 5 nitrogen and oxygen atoms in total. The Balaban J connectivity index is 2.42. The van der Waals surface area contributed by atoms with Crippen molar-refractivity contribution >= 4 is 11.8 Å². The molecule has 0 aliphatic carbocycles. The van der Waals surface area contributed by atoms with Crippen LogP contribution >= 0.6 is 0 Å². The van der Waals surface area contributed by atoms with E-state index in [0.29, 0.717) is 13.1 Å². The predicted molar refractivity (Wildman–Crippen MR) is 87.8 cm³/mol. The zero-order chi connectivity index (χ0) is 16.3. The van der Waals surface area contributed by atoms with Crippen molar-refractivity contribution in [3.8, 4) is 0 Å². The molecule has 1 rings (SSSR count). The average molecular weight is 307 g/mol. The van der Waals surface area contributed by atoms with E-state index in [1.165, 1.54) is 32.1 Å². The summed E-state index contributed by atoms with van der Waals surface area (Å²) < 4.78 is 0.159. The molecule has 0 aromatic carbocycles. The highest BCUT2D eigenvalue weighted by Crippen LogP contribution is 2.17. The Hall–Kier alpha value is -1.46. The SMILES string of the molecule is CCCCCCCC/C=C/C1=NC=C[N+]1(CCN)CC(=O)[O-]. The van der Waals surface area contributed by atoms with Crippen LogP contribution in [0.25, 0.3) is 0 Å². The van der Waals surface area contributed by atoms with Crippen LogP contribution in [0, 0.1) is 0 Å². The van der Waals surface area contributed by atoms with E-state index in [-0.39, 0.29) is 11.0 Å². The van der Waals surface area contributed by atoms with Gasteiger partial charge in [0.05, 0.1) is 12.2 Å². The third-order valence-corrected chi connectivity index (χ3v) is 3.95. The lowest BCUT2D eigenvalue weighted by molar-refractivity contribution is -0.778. The van der Waals surface area contributed by atoms with Crippen molar-refractivity contribution < 1.29 is 14.4 Å². The van der Waals surface area contributed by atoms with E-state index in [9.17, 15) is 9.90 Å². The minimum atomic E-state index is -1.09. The van der Waals surface area contributed by atoms with Crippen LogP contribution in [-0.2, 0) is 4.79 Å². The van der Waals surface area contributed by atoms with Crippen molar-refractivity contribution in [2.75, 3.05) is 19.6 Å². The van der Waals surface area contributed by atoms with Crippen molar-refractivity contribution in [1.82, 2.24) is 0 Å². The number of hydrogen-bond donors (Lipinski definition) is 1. The van der Waals surface area contributed by atoms with E-state index in [2.05, 4.69) is 18.0 Å². The summed E-state index contributed by atoms with van der Waals surface area (Å²) in [5, 5.41) is 11.0. The highest BCUT2D eigenvalue weighted by atomic mass is 16.4. The second kappa shape index (κ2) is 10.3. The lowest BCUT2D eigenvalue weighted by Crippen LogP contribution is -2.54. The first-order valence-electron chi connectivity index (χ1n) is 8.34. The smallest absolute Gasteiger partial charge is 0.232 e. The molecule has 0 amide bonds. The molecule has 0 radical (unpaired) electrons. The van der Waals surface area contributed by atoms with Gasteiger partial charge < -0.3 is 15.6 Å². The van der Waals surface area contributed by atoms with Gasteiger partial charge in [-0.1, -0.05) is 45.1 Å². The van der Waals surface area contributed by atoms with Gasteiger partial charge in [0.1, 0.15) is 19.3 Å². The van der Waals surface area contributed by atoms with Gasteiger partial charge in [-0.3, -0.25) is 0 Å². The van der Waals surface area contributed by atoms with Crippen molar-refractivity contribution in [2.24, 2.45) is 10.7 Å². The molecule has 0 fully saturated rings. The average Bonchev–Trinajstić information content (AvgIpc) is 2.84. The number of carbonyl (C=O) groups is 1. The zero-order valence-corrected chi connectivity index (χ0v) is 13.7. The predicted octanol–water partition coefficient (Wildman–Crippen LogP) is 1.70. The maximum absolute atomic E-state index is 11.0. The molecule has 1 unspecified atom stereocenters. The molecule has 0 saturated carbocycles. The molecule has 0 aromatic rings. The van der Waals surface area contributed by atoms with Gasteiger partial charge in [0.15, 0.2) is 0 Å². The Kier molecular flexibility index (Phi) is 8.70. The number of aliphatic carboxylic acids is 1. The maximum atomic E-state index is 11.0. The summed E-state index contributed by atoms with van der Waals surface area (Å²) in [5.74, 6) is -0.349. The molecular formula is C17H29N3O2. The largest absolute Gasteiger partial charge is 0.544 e. The van der Waals surface area contributed by atoms with Gasteiger partial charge in [0, 0.05) is 12.6 Å². The van der Waals surface area contributed by atoms with Crippen LogP contribution < -0.4 is 10.8 Å². The Morgan fingerprint density at radius 3 is 2.73 bits per heavy atom. The van der Waals surface area contributed by atoms with E-state index >= 15 is 0 Å². The van der Waals surface area contributed by atoms with Gasteiger partial charge in [0.25, 0.3) is 0 Å². The summed E-state index contributed by atoms with van der Waals surface area (Å²) in [5.41, 5.74) is 5.62. The quantitative estimate of drug-likeness (QED) is 0.440. The number of carboxylic acids is 1. The van der Waals surface area contributed by atoms with Crippen LogP contribution in [-0.4, -0.2) is 35.9 Å². The number of unbranched alkanes of at least 4 members (excludes halogenated alkanes) is 6. The van der Waals surface area contributed by atoms with E-state index < -0.39 is 5.97 Å². The summed E-state index contributed by atoms with van der Waals surface area (Å²) in [7, 11) is 0. The number of hydrogen-bond acceptors (Lipinski definition) is 4. The van der Waals surface area contributed by atoms with Crippen LogP contribution in [0.1, 0.15) is 51.9 Å². The number of amidine groups is 1. The third kappa shape index (κ3) is 6.12. The number of allylic oxidation sites excluding steroid dienone is 1. The van der Waals surface area contributed by atoms with Crippen molar-refractivity contribution in [2.45, 2.75) is 51.9 Å². The van der Waals surface area contributed by atoms with Crippen molar-refractivity contribution in [3.63, 3.8) is 0 Å². The summed E-state index contributed by atoms with van der Waals surface area (Å²) in [6.07, 6.45) is 16.1. The fraction of sp³-hybridized carbons (Fsp3) is 0.647. The first-order valence-corrected chi connectivity index (χ1v) is 8.34. The number of carbonyl (C=O) groups excluding carboxylic acids is 1. The lowest BCUT2D eigenvalue weighted by Gasteiger charge is -2.31. The van der Waals surface area contributed by atoms with Gasteiger partial charge in [-0.2, -0.15) is 4.99 Å². The lowest BCUT2D eigenvalue weighted by atomic mass is 10.1. The molecule has 124 valence electrons. The van der Waals surface area contributed by atoms with Crippen LogP contribution in [0.3, 0.4) is 0 Å². The Bertz CT molecular complexity index is 430. The monoisotopic (exact) mass is 307 g/mol. The number of aliphatic imine (C=N–C) groups is 1. The fourth-order valence-corrected chi connectivity index (χ4v) is 2.71. The van der Waals surface area contributed by atoms with Crippen LogP contribution in [0.2, 0.25) is 0 Å². The third-order valence-electron chi connectivity index (χ3n) is 3.95. The summed E-state index contributed by atoms with van der Waals surface area (Å²) in [6, 6.07) is 0. The van der Waals surface area contributed by atoms with E-state index in [1.54, 1.807) is 12.4 Å². The molecule has 0 aromatic heterocycles. The topological polar surface area (TPSA) is 78.5 Å². The van der Waals surface area contributed by atoms with E-state index in [1.807, 2.05) is 6.08 Å². The molecule has 5 heteroatoms. The molecule has 1 heterocycles. The first-order chi connectivity index (χ1) is 10.6. The molecular weight excluding hydrogens is 278 g/mol. The van der Waals surface area contributed by atoms with Crippen LogP contribution in [0.15, 0.2) is 29.5 Å². The Labute approximate surface area is 133 Å². The van der Waals surface area contributed by atoms with Gasteiger partial charge in [-0.05, 0) is 12.8 Å². The number of quaternary nitrogens is 1.